The van der Waals surface area contributed by atoms with Gasteiger partial charge in [0.15, 0.2) is 17.5 Å². The molecule has 0 aliphatic heterocycles. The number of halogens is 2. The predicted octanol–water partition coefficient (Wildman–Crippen LogP) is 3.56. The summed E-state index contributed by atoms with van der Waals surface area (Å²) in [7, 11) is 1.63. The average molecular weight is 357 g/mol. The van der Waals surface area contributed by atoms with Crippen molar-refractivity contribution < 1.29 is 13.5 Å². The highest BCUT2D eigenvalue weighted by Crippen LogP contribution is 2.17. The summed E-state index contributed by atoms with van der Waals surface area (Å²) < 4.78 is 31.4. The van der Waals surface area contributed by atoms with Crippen molar-refractivity contribution in [1.29, 1.82) is 0 Å². The van der Waals surface area contributed by atoms with Gasteiger partial charge in [-0.3, -0.25) is 0 Å². The predicted molar refractivity (Wildman–Crippen MR) is 94.7 cm³/mol. The second-order valence-electron chi connectivity index (χ2n) is 5.45. The van der Waals surface area contributed by atoms with E-state index >= 15 is 0 Å². The molecule has 0 saturated heterocycles. The Labute approximate surface area is 149 Å². The molecular formula is C18H17F2N5O. The standard InChI is InChI=1S/C18H17F2N5O/c1-26-14-4-2-3-12(9-14)7-8-21-17-11-22-25-18(24-17)23-13-5-6-15(19)16(20)10-13/h2-6,9-11H,7-8H2,1H3,(H2,21,23,24,25). The van der Waals surface area contributed by atoms with Gasteiger partial charge >= 0.3 is 0 Å². The summed E-state index contributed by atoms with van der Waals surface area (Å²) in [5.74, 6) is -0.349. The first-order chi connectivity index (χ1) is 12.6. The van der Waals surface area contributed by atoms with Crippen molar-refractivity contribution in [1.82, 2.24) is 15.2 Å². The summed E-state index contributed by atoms with van der Waals surface area (Å²) in [6.45, 7) is 0.635. The van der Waals surface area contributed by atoms with Crippen LogP contribution in [0.25, 0.3) is 0 Å². The van der Waals surface area contributed by atoms with Gasteiger partial charge in [0.05, 0.1) is 13.3 Å². The molecule has 0 unspecified atom stereocenters. The van der Waals surface area contributed by atoms with E-state index in [0.717, 1.165) is 29.9 Å². The maximum atomic E-state index is 13.3. The first kappa shape index (κ1) is 17.5. The van der Waals surface area contributed by atoms with Crippen LogP contribution in [0.1, 0.15) is 5.56 Å². The zero-order valence-corrected chi connectivity index (χ0v) is 14.0. The van der Waals surface area contributed by atoms with Crippen molar-refractivity contribution >= 4 is 17.5 Å². The molecule has 0 atom stereocenters. The molecule has 0 amide bonds. The molecule has 6 nitrogen and oxygen atoms in total. The average Bonchev–Trinajstić information content (AvgIpc) is 2.65. The molecule has 0 saturated carbocycles. The molecule has 0 aliphatic carbocycles. The van der Waals surface area contributed by atoms with E-state index in [1.165, 1.54) is 12.3 Å². The van der Waals surface area contributed by atoms with Gasteiger partial charge in [0.25, 0.3) is 0 Å². The van der Waals surface area contributed by atoms with Gasteiger partial charge in [-0.1, -0.05) is 12.1 Å². The maximum Gasteiger partial charge on any atom is 0.249 e. The summed E-state index contributed by atoms with van der Waals surface area (Å²) in [4.78, 5) is 4.25. The van der Waals surface area contributed by atoms with Crippen LogP contribution in [0.2, 0.25) is 0 Å². The molecule has 8 heteroatoms. The van der Waals surface area contributed by atoms with Gasteiger partial charge in [-0.05, 0) is 36.2 Å². The third kappa shape index (κ3) is 4.62. The lowest BCUT2D eigenvalue weighted by atomic mass is 10.1. The topological polar surface area (TPSA) is 72.0 Å². The van der Waals surface area contributed by atoms with Crippen molar-refractivity contribution in [2.75, 3.05) is 24.3 Å². The Morgan fingerprint density at radius 3 is 2.77 bits per heavy atom. The highest BCUT2D eigenvalue weighted by atomic mass is 19.2. The van der Waals surface area contributed by atoms with E-state index in [-0.39, 0.29) is 5.95 Å². The molecule has 0 aliphatic rings. The lowest BCUT2D eigenvalue weighted by Gasteiger charge is -2.08. The Morgan fingerprint density at radius 2 is 1.96 bits per heavy atom. The Morgan fingerprint density at radius 1 is 1.08 bits per heavy atom. The smallest absolute Gasteiger partial charge is 0.249 e. The van der Waals surface area contributed by atoms with Crippen LogP contribution in [0.15, 0.2) is 48.7 Å². The SMILES string of the molecule is COc1cccc(CCNc2cnnc(Nc3ccc(F)c(F)c3)n2)c1. The van der Waals surface area contributed by atoms with E-state index in [1.807, 2.05) is 24.3 Å². The number of rotatable bonds is 7. The molecule has 2 aromatic carbocycles. The zero-order chi connectivity index (χ0) is 18.4. The van der Waals surface area contributed by atoms with Crippen LogP contribution in [0.5, 0.6) is 5.75 Å². The van der Waals surface area contributed by atoms with Crippen LogP contribution in [-0.2, 0) is 6.42 Å². The number of anilines is 3. The lowest BCUT2D eigenvalue weighted by Crippen LogP contribution is -2.09. The van der Waals surface area contributed by atoms with E-state index in [0.29, 0.717) is 18.1 Å². The molecule has 26 heavy (non-hydrogen) atoms. The van der Waals surface area contributed by atoms with Crippen molar-refractivity contribution in [3.05, 3.63) is 65.9 Å². The van der Waals surface area contributed by atoms with Crippen LogP contribution in [0.3, 0.4) is 0 Å². The highest BCUT2D eigenvalue weighted by Gasteiger charge is 2.05. The largest absolute Gasteiger partial charge is 0.497 e. The molecule has 134 valence electrons. The minimum absolute atomic E-state index is 0.183. The van der Waals surface area contributed by atoms with Crippen molar-refractivity contribution in [2.24, 2.45) is 0 Å². The van der Waals surface area contributed by atoms with Crippen molar-refractivity contribution in [2.45, 2.75) is 6.42 Å². The fourth-order valence-electron chi connectivity index (χ4n) is 2.31. The van der Waals surface area contributed by atoms with E-state index in [2.05, 4.69) is 25.8 Å². The van der Waals surface area contributed by atoms with Crippen molar-refractivity contribution in [3.8, 4) is 5.75 Å². The number of hydrogen-bond acceptors (Lipinski definition) is 6. The van der Waals surface area contributed by atoms with E-state index in [1.54, 1.807) is 7.11 Å². The molecule has 3 rings (SSSR count). The van der Waals surface area contributed by atoms with Crippen LogP contribution in [0, 0.1) is 11.6 Å². The van der Waals surface area contributed by atoms with Gasteiger partial charge in [-0.15, -0.1) is 5.10 Å². The number of methoxy groups -OCH3 is 1. The molecule has 0 bridgehead atoms. The summed E-state index contributed by atoms with van der Waals surface area (Å²) in [5.41, 5.74) is 1.46. The van der Waals surface area contributed by atoms with Gasteiger partial charge in [0.1, 0.15) is 5.75 Å². The number of aromatic nitrogens is 3. The fourth-order valence-corrected chi connectivity index (χ4v) is 2.31. The molecule has 0 fully saturated rings. The quantitative estimate of drug-likeness (QED) is 0.674. The first-order valence-corrected chi connectivity index (χ1v) is 7.92. The van der Waals surface area contributed by atoms with E-state index in [9.17, 15) is 8.78 Å². The highest BCUT2D eigenvalue weighted by molar-refractivity contribution is 5.54. The summed E-state index contributed by atoms with van der Waals surface area (Å²) in [6, 6.07) is 11.3. The molecule has 2 N–H and O–H groups in total. The zero-order valence-electron chi connectivity index (χ0n) is 14.0. The van der Waals surface area contributed by atoms with Crippen LogP contribution >= 0.6 is 0 Å². The minimum Gasteiger partial charge on any atom is -0.497 e. The number of nitrogens with one attached hydrogen (secondary N) is 2. The van der Waals surface area contributed by atoms with Crippen LogP contribution in [-0.4, -0.2) is 28.8 Å². The fraction of sp³-hybridized carbons (Fsp3) is 0.167. The summed E-state index contributed by atoms with van der Waals surface area (Å²) >= 11 is 0. The van der Waals surface area contributed by atoms with Crippen molar-refractivity contribution in [3.63, 3.8) is 0 Å². The number of benzene rings is 2. The summed E-state index contributed by atoms with van der Waals surface area (Å²) in [5, 5.41) is 13.6. The van der Waals surface area contributed by atoms with Gasteiger partial charge in [0, 0.05) is 18.3 Å². The molecule has 0 spiro atoms. The van der Waals surface area contributed by atoms with Gasteiger partial charge < -0.3 is 15.4 Å². The third-order valence-electron chi connectivity index (χ3n) is 3.59. The Bertz CT molecular complexity index is 891. The number of hydrogen-bond donors (Lipinski definition) is 2. The summed E-state index contributed by atoms with van der Waals surface area (Å²) in [6.07, 6.45) is 2.26. The van der Waals surface area contributed by atoms with E-state index < -0.39 is 11.6 Å². The molecule has 3 aromatic rings. The van der Waals surface area contributed by atoms with Crippen LogP contribution in [0.4, 0.5) is 26.2 Å². The molecule has 1 heterocycles. The first-order valence-electron chi connectivity index (χ1n) is 7.92. The lowest BCUT2D eigenvalue weighted by molar-refractivity contribution is 0.414. The number of nitrogens with zero attached hydrogens (tertiary/aromatic N) is 3. The third-order valence-corrected chi connectivity index (χ3v) is 3.59. The molecule has 0 radical (unpaired) electrons. The van der Waals surface area contributed by atoms with Gasteiger partial charge in [-0.2, -0.15) is 10.1 Å². The molecule has 1 aromatic heterocycles. The van der Waals surface area contributed by atoms with Gasteiger partial charge in [-0.25, -0.2) is 8.78 Å². The van der Waals surface area contributed by atoms with E-state index in [4.69, 9.17) is 4.74 Å². The second kappa shape index (κ2) is 8.19. The number of ether oxygens (including phenoxy) is 1. The molecular weight excluding hydrogens is 340 g/mol. The normalized spacial score (nSPS) is 10.4. The Hall–Kier alpha value is -3.29. The van der Waals surface area contributed by atoms with Gasteiger partial charge in [0.2, 0.25) is 5.95 Å². The Kier molecular flexibility index (Phi) is 5.52. The maximum absolute atomic E-state index is 13.3. The monoisotopic (exact) mass is 357 g/mol. The Balaban J connectivity index is 1.59. The second-order valence-corrected chi connectivity index (χ2v) is 5.45. The van der Waals surface area contributed by atoms with Crippen LogP contribution < -0.4 is 15.4 Å². The minimum atomic E-state index is -0.949.